The Kier molecular flexibility index (Phi) is 5.47. The third kappa shape index (κ3) is 4.39. The number of rotatable bonds is 4. The molecule has 0 unspecified atom stereocenters. The maximum atomic E-state index is 11.9. The normalized spacial score (nSPS) is 10.2. The van der Waals surface area contributed by atoms with Gasteiger partial charge in [0.25, 0.3) is 0 Å². The average Bonchev–Trinajstić information content (AvgIpc) is 2.40. The van der Waals surface area contributed by atoms with Crippen LogP contribution in [-0.2, 0) is 19.1 Å². The molecule has 0 aromatic heterocycles. The summed E-state index contributed by atoms with van der Waals surface area (Å²) in [6, 6.07) is 8.54. The van der Waals surface area contributed by atoms with Crippen molar-refractivity contribution in [1.29, 1.82) is 0 Å². The molecule has 0 saturated carbocycles. The summed E-state index contributed by atoms with van der Waals surface area (Å²) < 4.78 is 4.66. The molecule has 0 aliphatic heterocycles. The molecule has 0 aliphatic rings. The van der Waals surface area contributed by atoms with Gasteiger partial charge in [0.2, 0.25) is 0 Å². The van der Waals surface area contributed by atoms with Crippen LogP contribution < -0.4 is 4.90 Å². The van der Waals surface area contributed by atoms with Gasteiger partial charge in [-0.05, 0) is 32.1 Å². The van der Waals surface area contributed by atoms with Crippen molar-refractivity contribution < 1.29 is 19.1 Å². The molecule has 1 rings (SSSR count). The quantitative estimate of drug-likeness (QED) is 0.470. The zero-order valence-electron chi connectivity index (χ0n) is 10.8. The van der Waals surface area contributed by atoms with Gasteiger partial charge in [0.15, 0.2) is 5.78 Å². The van der Waals surface area contributed by atoms with E-state index in [1.54, 1.807) is 37.3 Å². The number of ether oxygens (including phenoxy) is 1. The summed E-state index contributed by atoms with van der Waals surface area (Å²) >= 11 is 0. The highest BCUT2D eigenvalue weighted by atomic mass is 16.5. The van der Waals surface area contributed by atoms with Crippen molar-refractivity contribution in [2.24, 2.45) is 0 Å². The van der Waals surface area contributed by atoms with Gasteiger partial charge in [-0.15, -0.1) is 0 Å². The molecule has 0 radical (unpaired) electrons. The molecule has 1 aromatic rings. The lowest BCUT2D eigenvalue weighted by Gasteiger charge is -2.17. The summed E-state index contributed by atoms with van der Waals surface area (Å²) in [5.41, 5.74) is 0.484. The summed E-state index contributed by atoms with van der Waals surface area (Å²) in [7, 11) is 0. The summed E-state index contributed by atoms with van der Waals surface area (Å²) in [5, 5.41) is 0. The highest BCUT2D eigenvalue weighted by molar-refractivity contribution is 6.38. The number of anilines is 1. The average molecular weight is 261 g/mol. The third-order valence-electron chi connectivity index (χ3n) is 2.16. The first kappa shape index (κ1) is 14.6. The third-order valence-corrected chi connectivity index (χ3v) is 2.16. The molecule has 100 valence electrons. The van der Waals surface area contributed by atoms with Gasteiger partial charge in [-0.25, -0.2) is 4.79 Å². The number of para-hydroxylation sites is 1. The Morgan fingerprint density at radius 2 is 1.84 bits per heavy atom. The smallest absolute Gasteiger partial charge is 0.397 e. The van der Waals surface area contributed by atoms with Crippen LogP contribution in [0.15, 0.2) is 42.6 Å². The van der Waals surface area contributed by atoms with E-state index in [0.717, 1.165) is 4.90 Å². The van der Waals surface area contributed by atoms with E-state index in [4.69, 9.17) is 0 Å². The Bertz CT molecular complexity index is 493. The van der Waals surface area contributed by atoms with Crippen LogP contribution in [0.5, 0.6) is 0 Å². The van der Waals surface area contributed by atoms with Gasteiger partial charge in [-0.2, -0.15) is 0 Å². The zero-order chi connectivity index (χ0) is 14.3. The first-order valence-electron chi connectivity index (χ1n) is 5.80. The van der Waals surface area contributed by atoms with E-state index in [1.807, 2.05) is 0 Å². The molecule has 1 amide bonds. The second-order valence-electron chi connectivity index (χ2n) is 3.66. The number of ketones is 1. The van der Waals surface area contributed by atoms with Gasteiger partial charge < -0.3 is 4.74 Å². The van der Waals surface area contributed by atoms with Crippen LogP contribution in [0.3, 0.4) is 0 Å². The predicted molar refractivity (Wildman–Crippen MR) is 70.4 cm³/mol. The molecule has 0 fully saturated rings. The van der Waals surface area contributed by atoms with Gasteiger partial charge in [-0.3, -0.25) is 14.5 Å². The number of nitrogens with zero attached hydrogens (tertiary/aromatic N) is 1. The fourth-order valence-corrected chi connectivity index (χ4v) is 1.33. The number of allylic oxidation sites excluding steroid dienone is 1. The maximum Gasteiger partial charge on any atom is 0.397 e. The SMILES string of the molecule is CCOC(=O)C(=O)N(/C=C/C(C)=O)c1ccccc1. The van der Waals surface area contributed by atoms with E-state index in [0.29, 0.717) is 5.69 Å². The second-order valence-corrected chi connectivity index (χ2v) is 3.66. The first-order chi connectivity index (χ1) is 9.06. The van der Waals surface area contributed by atoms with Crippen LogP contribution in [0.1, 0.15) is 13.8 Å². The molecular formula is C14H15NO4. The second kappa shape index (κ2) is 7.10. The van der Waals surface area contributed by atoms with Gasteiger partial charge in [0.1, 0.15) is 0 Å². The standard InChI is InChI=1S/C14H15NO4/c1-3-19-14(18)13(17)15(10-9-11(2)16)12-7-5-4-6-8-12/h4-10H,3H2,1-2H3/b10-9+. The van der Waals surface area contributed by atoms with Crippen LogP contribution in [0.2, 0.25) is 0 Å². The zero-order valence-corrected chi connectivity index (χ0v) is 10.8. The molecule has 0 atom stereocenters. The van der Waals surface area contributed by atoms with Crippen molar-refractivity contribution in [3.8, 4) is 0 Å². The number of benzene rings is 1. The van der Waals surface area contributed by atoms with Crippen LogP contribution >= 0.6 is 0 Å². The largest absolute Gasteiger partial charge is 0.459 e. The minimum absolute atomic E-state index is 0.115. The number of amides is 1. The topological polar surface area (TPSA) is 63.7 Å². The Morgan fingerprint density at radius 1 is 1.21 bits per heavy atom. The monoisotopic (exact) mass is 261 g/mol. The Labute approximate surface area is 111 Å². The van der Waals surface area contributed by atoms with Crippen molar-refractivity contribution in [1.82, 2.24) is 0 Å². The van der Waals surface area contributed by atoms with E-state index in [-0.39, 0.29) is 12.4 Å². The van der Waals surface area contributed by atoms with Crippen LogP contribution in [0.4, 0.5) is 5.69 Å². The molecule has 0 spiro atoms. The molecule has 0 N–H and O–H groups in total. The highest BCUT2D eigenvalue weighted by Crippen LogP contribution is 2.14. The highest BCUT2D eigenvalue weighted by Gasteiger charge is 2.22. The molecular weight excluding hydrogens is 246 g/mol. The molecule has 0 heterocycles. The van der Waals surface area contributed by atoms with Crippen molar-refractivity contribution >= 4 is 23.3 Å². The van der Waals surface area contributed by atoms with Crippen LogP contribution in [0, 0.1) is 0 Å². The van der Waals surface area contributed by atoms with Crippen molar-refractivity contribution in [3.63, 3.8) is 0 Å². The predicted octanol–water partition coefficient (Wildman–Crippen LogP) is 1.69. The minimum atomic E-state index is -0.959. The fraction of sp³-hybridized carbons (Fsp3) is 0.214. The molecule has 1 aromatic carbocycles. The Morgan fingerprint density at radius 3 is 2.37 bits per heavy atom. The number of hydrogen-bond acceptors (Lipinski definition) is 4. The number of hydrogen-bond donors (Lipinski definition) is 0. The maximum absolute atomic E-state index is 11.9. The lowest BCUT2D eigenvalue weighted by atomic mass is 10.3. The van der Waals surface area contributed by atoms with Gasteiger partial charge >= 0.3 is 11.9 Å². The lowest BCUT2D eigenvalue weighted by Crippen LogP contribution is -2.34. The number of carbonyl (C=O) groups is 3. The first-order valence-corrected chi connectivity index (χ1v) is 5.80. The fourth-order valence-electron chi connectivity index (χ4n) is 1.33. The van der Waals surface area contributed by atoms with E-state index >= 15 is 0 Å². The number of carbonyl (C=O) groups excluding carboxylic acids is 3. The molecule has 19 heavy (non-hydrogen) atoms. The number of esters is 1. The summed E-state index contributed by atoms with van der Waals surface area (Å²) in [4.78, 5) is 35.4. The Hall–Kier alpha value is -2.43. The van der Waals surface area contributed by atoms with Crippen LogP contribution in [-0.4, -0.2) is 24.3 Å². The summed E-state index contributed by atoms with van der Waals surface area (Å²) in [6.07, 6.45) is 2.47. The summed E-state index contributed by atoms with van der Waals surface area (Å²) in [6.45, 7) is 3.08. The molecule has 0 aliphatic carbocycles. The summed E-state index contributed by atoms with van der Waals surface area (Å²) in [5.74, 6) is -2.03. The Balaban J connectivity index is 3.03. The molecule has 5 heteroatoms. The molecule has 0 saturated heterocycles. The van der Waals surface area contributed by atoms with Gasteiger partial charge in [-0.1, -0.05) is 18.2 Å². The lowest BCUT2D eigenvalue weighted by molar-refractivity contribution is -0.153. The van der Waals surface area contributed by atoms with Crippen LogP contribution in [0.25, 0.3) is 0 Å². The van der Waals surface area contributed by atoms with E-state index in [2.05, 4.69) is 4.74 Å². The van der Waals surface area contributed by atoms with Crippen molar-refractivity contribution in [2.75, 3.05) is 11.5 Å². The van der Waals surface area contributed by atoms with Crippen molar-refractivity contribution in [3.05, 3.63) is 42.6 Å². The molecule has 0 bridgehead atoms. The van der Waals surface area contributed by atoms with Crippen molar-refractivity contribution in [2.45, 2.75) is 13.8 Å². The van der Waals surface area contributed by atoms with E-state index < -0.39 is 11.9 Å². The molecule has 5 nitrogen and oxygen atoms in total. The minimum Gasteiger partial charge on any atom is -0.459 e. The van der Waals surface area contributed by atoms with E-state index in [1.165, 1.54) is 19.2 Å². The van der Waals surface area contributed by atoms with E-state index in [9.17, 15) is 14.4 Å². The van der Waals surface area contributed by atoms with Gasteiger partial charge in [0, 0.05) is 11.9 Å². The van der Waals surface area contributed by atoms with Gasteiger partial charge in [0.05, 0.1) is 6.61 Å².